The van der Waals surface area contributed by atoms with Crippen LogP contribution in [0.1, 0.15) is 44.7 Å². The van der Waals surface area contributed by atoms with Crippen LogP contribution >= 0.6 is 23.4 Å². The summed E-state index contributed by atoms with van der Waals surface area (Å²) in [6, 6.07) is 12.4. The summed E-state index contributed by atoms with van der Waals surface area (Å²) in [6.45, 7) is 6.08. The van der Waals surface area contributed by atoms with Gasteiger partial charge in [-0.25, -0.2) is 0 Å². The Morgan fingerprint density at radius 3 is 2.31 bits per heavy atom. The van der Waals surface area contributed by atoms with Gasteiger partial charge in [0.25, 0.3) is 0 Å². The number of anilines is 1. The third kappa shape index (κ3) is 7.17. The molecular formula is C25H27ClF3NOS. The average Bonchev–Trinajstić information content (AvgIpc) is 2.76. The lowest BCUT2D eigenvalue weighted by molar-refractivity contribution is -0.115. The minimum absolute atomic E-state index is 0.0849. The highest BCUT2D eigenvalue weighted by molar-refractivity contribution is 7.99. The monoisotopic (exact) mass is 481 g/mol. The molecule has 1 aliphatic rings. The molecule has 0 saturated carbocycles. The first-order valence-corrected chi connectivity index (χ1v) is 11.9. The standard InChI is InChI=1S/C23H21ClF3NOS.C2H6/c1-2-30-17-10-7-15(8-11-17)13-22(29)28-16-9-12-19(21(24)14-16)18-5-3-4-6-20(18)23(25,26)27;1-2/h5-12,14H,2-4,13H2,1H3,(H,28,29);1-2H3. The van der Waals surface area contributed by atoms with Crippen LogP contribution in [0, 0.1) is 0 Å². The minimum Gasteiger partial charge on any atom is -0.326 e. The summed E-state index contributed by atoms with van der Waals surface area (Å²) in [7, 11) is 0. The average molecular weight is 482 g/mol. The normalized spacial score (nSPS) is 13.5. The Morgan fingerprint density at radius 1 is 1.06 bits per heavy atom. The second kappa shape index (κ2) is 12.2. The van der Waals surface area contributed by atoms with E-state index in [0.29, 0.717) is 24.1 Å². The third-order valence-electron chi connectivity index (χ3n) is 4.60. The lowest BCUT2D eigenvalue weighted by Gasteiger charge is -2.20. The Hall–Kier alpha value is -2.18. The molecule has 0 radical (unpaired) electrons. The molecule has 1 N–H and O–H groups in total. The van der Waals surface area contributed by atoms with Crippen LogP contribution in [0.5, 0.6) is 0 Å². The van der Waals surface area contributed by atoms with Crippen molar-refractivity contribution in [2.24, 2.45) is 0 Å². The van der Waals surface area contributed by atoms with Gasteiger partial charge in [-0.2, -0.15) is 13.2 Å². The maximum absolute atomic E-state index is 13.3. The van der Waals surface area contributed by atoms with Crippen molar-refractivity contribution in [3.05, 3.63) is 76.3 Å². The predicted molar refractivity (Wildman–Crippen MR) is 129 cm³/mol. The van der Waals surface area contributed by atoms with Crippen LogP contribution in [0.2, 0.25) is 5.02 Å². The lowest BCUT2D eigenvalue weighted by atomic mass is 9.91. The fourth-order valence-electron chi connectivity index (χ4n) is 3.27. The van der Waals surface area contributed by atoms with Crippen molar-refractivity contribution in [1.29, 1.82) is 0 Å². The molecule has 172 valence electrons. The molecule has 3 rings (SSSR count). The van der Waals surface area contributed by atoms with Crippen molar-refractivity contribution >= 4 is 40.5 Å². The number of amides is 1. The van der Waals surface area contributed by atoms with E-state index in [2.05, 4.69) is 12.2 Å². The Balaban J connectivity index is 0.00000176. The highest BCUT2D eigenvalue weighted by Crippen LogP contribution is 2.41. The molecule has 32 heavy (non-hydrogen) atoms. The van der Waals surface area contributed by atoms with Crippen LogP contribution in [0.4, 0.5) is 18.9 Å². The maximum Gasteiger partial charge on any atom is 0.416 e. The molecule has 0 aromatic heterocycles. The second-order valence-corrected chi connectivity index (χ2v) is 8.55. The van der Waals surface area contributed by atoms with E-state index in [1.165, 1.54) is 18.2 Å². The van der Waals surface area contributed by atoms with E-state index in [4.69, 9.17) is 11.6 Å². The van der Waals surface area contributed by atoms with Gasteiger partial charge >= 0.3 is 6.18 Å². The van der Waals surface area contributed by atoms with Gasteiger partial charge in [-0.05, 0) is 54.0 Å². The van der Waals surface area contributed by atoms with E-state index in [1.54, 1.807) is 23.9 Å². The van der Waals surface area contributed by atoms with Crippen molar-refractivity contribution in [2.75, 3.05) is 11.1 Å². The van der Waals surface area contributed by atoms with Gasteiger partial charge in [0.05, 0.1) is 17.0 Å². The van der Waals surface area contributed by atoms with E-state index in [9.17, 15) is 18.0 Å². The number of hydrogen-bond acceptors (Lipinski definition) is 2. The molecule has 0 atom stereocenters. The quantitative estimate of drug-likeness (QED) is 0.420. The first-order chi connectivity index (χ1) is 15.3. The predicted octanol–water partition coefficient (Wildman–Crippen LogP) is 8.33. The van der Waals surface area contributed by atoms with Crippen LogP contribution in [-0.2, 0) is 11.2 Å². The summed E-state index contributed by atoms with van der Waals surface area (Å²) in [5.74, 6) is 0.760. The Kier molecular flexibility index (Phi) is 9.91. The Morgan fingerprint density at radius 2 is 1.72 bits per heavy atom. The van der Waals surface area contributed by atoms with E-state index in [-0.39, 0.29) is 22.9 Å². The van der Waals surface area contributed by atoms with Crippen LogP contribution in [0.25, 0.3) is 5.57 Å². The van der Waals surface area contributed by atoms with Crippen molar-refractivity contribution in [3.63, 3.8) is 0 Å². The number of rotatable bonds is 6. The molecule has 0 fully saturated rings. The van der Waals surface area contributed by atoms with Crippen LogP contribution < -0.4 is 5.32 Å². The van der Waals surface area contributed by atoms with Crippen LogP contribution in [-0.4, -0.2) is 17.8 Å². The zero-order valence-corrected chi connectivity index (χ0v) is 19.9. The van der Waals surface area contributed by atoms with Crippen molar-refractivity contribution in [1.82, 2.24) is 0 Å². The highest BCUT2D eigenvalue weighted by Gasteiger charge is 2.37. The fraction of sp³-hybridized carbons (Fsp3) is 0.320. The van der Waals surface area contributed by atoms with Crippen molar-refractivity contribution in [3.8, 4) is 0 Å². The molecule has 0 bridgehead atoms. The number of hydrogen-bond donors (Lipinski definition) is 1. The number of benzene rings is 2. The molecule has 0 unspecified atom stereocenters. The maximum atomic E-state index is 13.3. The van der Waals surface area contributed by atoms with E-state index < -0.39 is 11.7 Å². The Bertz CT molecular complexity index is 982. The summed E-state index contributed by atoms with van der Waals surface area (Å²) < 4.78 is 40.0. The summed E-state index contributed by atoms with van der Waals surface area (Å²) in [6.07, 6.45) is -0.605. The molecule has 0 spiro atoms. The topological polar surface area (TPSA) is 29.1 Å². The fourth-order valence-corrected chi connectivity index (χ4v) is 4.21. The molecule has 2 aromatic carbocycles. The van der Waals surface area contributed by atoms with E-state index >= 15 is 0 Å². The molecule has 0 aliphatic heterocycles. The molecule has 0 heterocycles. The number of alkyl halides is 3. The lowest BCUT2D eigenvalue weighted by Crippen LogP contribution is -2.16. The summed E-state index contributed by atoms with van der Waals surface area (Å²) in [5.41, 5.74) is 1.05. The van der Waals surface area contributed by atoms with Gasteiger partial charge in [0.2, 0.25) is 5.91 Å². The van der Waals surface area contributed by atoms with Gasteiger partial charge < -0.3 is 5.32 Å². The first kappa shape index (κ1) is 26.1. The largest absolute Gasteiger partial charge is 0.416 e. The number of halogens is 4. The van der Waals surface area contributed by atoms with Gasteiger partial charge in [0.1, 0.15) is 0 Å². The minimum atomic E-state index is -4.44. The summed E-state index contributed by atoms with van der Waals surface area (Å²) in [5, 5.41) is 2.92. The number of carbonyl (C=O) groups excluding carboxylic acids is 1. The van der Waals surface area contributed by atoms with Crippen molar-refractivity contribution in [2.45, 2.75) is 51.1 Å². The third-order valence-corrected chi connectivity index (χ3v) is 5.81. The zero-order valence-electron chi connectivity index (χ0n) is 18.4. The number of thioether (sulfide) groups is 1. The van der Waals surface area contributed by atoms with Crippen molar-refractivity contribution < 1.29 is 18.0 Å². The van der Waals surface area contributed by atoms with E-state index in [1.807, 2.05) is 38.1 Å². The van der Waals surface area contributed by atoms with Gasteiger partial charge in [0, 0.05) is 16.1 Å². The Labute approximate surface area is 196 Å². The molecule has 1 aliphatic carbocycles. The van der Waals surface area contributed by atoms with Gasteiger partial charge in [0.15, 0.2) is 0 Å². The molecule has 0 saturated heterocycles. The van der Waals surface area contributed by atoms with Gasteiger partial charge in [-0.1, -0.05) is 62.7 Å². The summed E-state index contributed by atoms with van der Waals surface area (Å²) >= 11 is 8.01. The number of carbonyl (C=O) groups is 1. The second-order valence-electron chi connectivity index (χ2n) is 6.81. The van der Waals surface area contributed by atoms with Crippen LogP contribution in [0.15, 0.2) is 65.1 Å². The van der Waals surface area contributed by atoms with E-state index in [0.717, 1.165) is 16.2 Å². The molecule has 2 nitrogen and oxygen atoms in total. The molecule has 7 heteroatoms. The smallest absolute Gasteiger partial charge is 0.326 e. The van der Waals surface area contributed by atoms with Gasteiger partial charge in [-0.3, -0.25) is 4.79 Å². The molecule has 1 amide bonds. The molecular weight excluding hydrogens is 455 g/mol. The SMILES string of the molecule is CC.CCSc1ccc(CC(=O)Nc2ccc(C3=CCCC=C3C(F)(F)F)c(Cl)c2)cc1. The molecule has 2 aromatic rings. The number of allylic oxidation sites excluding steroid dienone is 4. The first-order valence-electron chi connectivity index (χ1n) is 10.6. The van der Waals surface area contributed by atoms with Crippen LogP contribution in [0.3, 0.4) is 0 Å². The number of nitrogens with one attached hydrogen (secondary N) is 1. The summed E-state index contributed by atoms with van der Waals surface area (Å²) in [4.78, 5) is 13.5. The zero-order chi connectivity index (χ0) is 23.7. The highest BCUT2D eigenvalue weighted by atomic mass is 35.5. The van der Waals surface area contributed by atoms with Gasteiger partial charge in [-0.15, -0.1) is 11.8 Å².